The highest BCUT2D eigenvalue weighted by atomic mass is 35.5. The molecule has 18 heavy (non-hydrogen) atoms. The van der Waals surface area contributed by atoms with E-state index < -0.39 is 18.0 Å². The van der Waals surface area contributed by atoms with Gasteiger partial charge in [0.2, 0.25) is 0 Å². The van der Waals surface area contributed by atoms with Gasteiger partial charge in [0.15, 0.2) is 0 Å². The molecule has 0 bridgehead atoms. The molecule has 1 aliphatic rings. The number of hydrogen-bond acceptors (Lipinski definition) is 2. The summed E-state index contributed by atoms with van der Waals surface area (Å²) in [5, 5.41) is 20.6. The van der Waals surface area contributed by atoms with Crippen LogP contribution in [0.15, 0.2) is 18.2 Å². The fourth-order valence-electron chi connectivity index (χ4n) is 2.66. The van der Waals surface area contributed by atoms with Gasteiger partial charge in [0.1, 0.15) is 11.9 Å². The summed E-state index contributed by atoms with van der Waals surface area (Å²) in [5.74, 6) is -0.377. The Morgan fingerprint density at radius 2 is 1.83 bits per heavy atom. The molecule has 1 saturated carbocycles. The second kappa shape index (κ2) is 6.00. The molecule has 0 aromatic heterocycles. The number of halogens is 2. The van der Waals surface area contributed by atoms with Crippen molar-refractivity contribution >= 4 is 11.6 Å². The van der Waals surface area contributed by atoms with E-state index in [-0.39, 0.29) is 11.5 Å². The summed E-state index contributed by atoms with van der Waals surface area (Å²) < 4.78 is 13.2. The highest BCUT2D eigenvalue weighted by molar-refractivity contribution is 6.31. The molecule has 0 saturated heterocycles. The average Bonchev–Trinajstić information content (AvgIpc) is 2.41. The quantitative estimate of drug-likeness (QED) is 0.885. The molecule has 1 aromatic rings. The summed E-state index contributed by atoms with van der Waals surface area (Å²) in [4.78, 5) is 0. The standard InChI is InChI=1S/C14H18ClFO2/c15-12-7-6-10(16)8-11(12)14(18)13(17)9-4-2-1-3-5-9/h6-9,13-14,17-18H,1-5H2. The van der Waals surface area contributed by atoms with E-state index >= 15 is 0 Å². The number of aliphatic hydroxyl groups is 2. The Labute approximate surface area is 111 Å². The third-order valence-corrected chi connectivity index (χ3v) is 4.08. The SMILES string of the molecule is OC(c1cc(F)ccc1Cl)C(O)C1CCCCC1. The van der Waals surface area contributed by atoms with E-state index in [2.05, 4.69) is 0 Å². The van der Waals surface area contributed by atoms with Crippen molar-refractivity contribution in [3.05, 3.63) is 34.6 Å². The van der Waals surface area contributed by atoms with Gasteiger partial charge in [-0.15, -0.1) is 0 Å². The molecule has 0 radical (unpaired) electrons. The Balaban J connectivity index is 2.13. The van der Waals surface area contributed by atoms with Crippen molar-refractivity contribution in [2.24, 2.45) is 5.92 Å². The fourth-order valence-corrected chi connectivity index (χ4v) is 2.89. The molecule has 2 N–H and O–H groups in total. The van der Waals surface area contributed by atoms with E-state index in [1.807, 2.05) is 0 Å². The topological polar surface area (TPSA) is 40.5 Å². The maximum atomic E-state index is 13.2. The molecule has 4 heteroatoms. The van der Waals surface area contributed by atoms with Crippen molar-refractivity contribution in [1.29, 1.82) is 0 Å². The van der Waals surface area contributed by atoms with Crippen LogP contribution in [0.5, 0.6) is 0 Å². The molecule has 2 rings (SSSR count). The molecule has 2 unspecified atom stereocenters. The first kappa shape index (κ1) is 13.8. The lowest BCUT2D eigenvalue weighted by Gasteiger charge is -2.30. The van der Waals surface area contributed by atoms with Crippen LogP contribution in [-0.4, -0.2) is 16.3 Å². The molecule has 1 aromatic carbocycles. The summed E-state index contributed by atoms with van der Waals surface area (Å²) in [5.41, 5.74) is 0.273. The second-order valence-electron chi connectivity index (χ2n) is 5.00. The van der Waals surface area contributed by atoms with Gasteiger partial charge in [-0.25, -0.2) is 4.39 Å². The van der Waals surface area contributed by atoms with Crippen LogP contribution in [0.2, 0.25) is 5.02 Å². The smallest absolute Gasteiger partial charge is 0.123 e. The van der Waals surface area contributed by atoms with Gasteiger partial charge in [-0.3, -0.25) is 0 Å². The Hall–Kier alpha value is -0.640. The Bertz CT molecular complexity index is 405. The van der Waals surface area contributed by atoms with E-state index in [4.69, 9.17) is 11.6 Å². The summed E-state index contributed by atoms with van der Waals surface area (Å²) >= 11 is 5.94. The van der Waals surface area contributed by atoms with Crippen molar-refractivity contribution < 1.29 is 14.6 Å². The normalized spacial score (nSPS) is 20.7. The molecule has 2 atom stereocenters. The van der Waals surface area contributed by atoms with Crippen molar-refractivity contribution in [2.75, 3.05) is 0 Å². The molecule has 0 aliphatic heterocycles. The van der Waals surface area contributed by atoms with E-state index in [0.29, 0.717) is 5.02 Å². The first-order chi connectivity index (χ1) is 8.59. The maximum Gasteiger partial charge on any atom is 0.123 e. The number of hydrogen-bond donors (Lipinski definition) is 2. The highest BCUT2D eigenvalue weighted by Gasteiger charge is 2.29. The average molecular weight is 273 g/mol. The van der Waals surface area contributed by atoms with Gasteiger partial charge in [0, 0.05) is 10.6 Å². The molecule has 1 aliphatic carbocycles. The zero-order chi connectivity index (χ0) is 13.1. The van der Waals surface area contributed by atoms with Crippen molar-refractivity contribution in [3.63, 3.8) is 0 Å². The minimum Gasteiger partial charge on any atom is -0.390 e. The number of aliphatic hydroxyl groups excluding tert-OH is 2. The van der Waals surface area contributed by atoms with E-state index in [1.54, 1.807) is 0 Å². The minimum atomic E-state index is -1.11. The van der Waals surface area contributed by atoms with Crippen LogP contribution in [0.1, 0.15) is 43.8 Å². The molecule has 0 heterocycles. The summed E-state index contributed by atoms with van der Waals surface area (Å²) in [7, 11) is 0. The lowest BCUT2D eigenvalue weighted by Crippen LogP contribution is -2.29. The van der Waals surface area contributed by atoms with Crippen LogP contribution >= 0.6 is 11.6 Å². The van der Waals surface area contributed by atoms with Gasteiger partial charge >= 0.3 is 0 Å². The fraction of sp³-hybridized carbons (Fsp3) is 0.571. The monoisotopic (exact) mass is 272 g/mol. The first-order valence-corrected chi connectivity index (χ1v) is 6.78. The van der Waals surface area contributed by atoms with Crippen LogP contribution in [0.25, 0.3) is 0 Å². The van der Waals surface area contributed by atoms with Crippen molar-refractivity contribution in [3.8, 4) is 0 Å². The van der Waals surface area contributed by atoms with Gasteiger partial charge in [0.05, 0.1) is 6.10 Å². The summed E-state index contributed by atoms with van der Waals surface area (Å²) in [6.07, 6.45) is 3.16. The van der Waals surface area contributed by atoms with Gasteiger partial charge in [-0.05, 0) is 37.0 Å². The highest BCUT2D eigenvalue weighted by Crippen LogP contribution is 2.34. The van der Waals surface area contributed by atoms with Crippen molar-refractivity contribution in [2.45, 2.75) is 44.3 Å². The van der Waals surface area contributed by atoms with E-state index in [0.717, 1.165) is 25.7 Å². The first-order valence-electron chi connectivity index (χ1n) is 6.40. The largest absolute Gasteiger partial charge is 0.390 e. The van der Waals surface area contributed by atoms with Gasteiger partial charge < -0.3 is 10.2 Å². The predicted octanol–water partition coefficient (Wildman–Crippen LogP) is 3.45. The second-order valence-corrected chi connectivity index (χ2v) is 5.41. The lowest BCUT2D eigenvalue weighted by molar-refractivity contribution is -0.0286. The summed E-state index contributed by atoms with van der Waals surface area (Å²) in [6, 6.07) is 3.84. The van der Waals surface area contributed by atoms with Gasteiger partial charge in [-0.1, -0.05) is 30.9 Å². The molecular formula is C14H18ClFO2. The van der Waals surface area contributed by atoms with E-state index in [1.165, 1.54) is 24.6 Å². The predicted molar refractivity (Wildman–Crippen MR) is 69.0 cm³/mol. The zero-order valence-electron chi connectivity index (χ0n) is 10.1. The molecule has 2 nitrogen and oxygen atoms in total. The van der Waals surface area contributed by atoms with Crippen LogP contribution in [0, 0.1) is 11.7 Å². The minimum absolute atomic E-state index is 0.0769. The van der Waals surface area contributed by atoms with E-state index in [9.17, 15) is 14.6 Å². The van der Waals surface area contributed by atoms with Crippen LogP contribution in [0.4, 0.5) is 4.39 Å². The molecule has 100 valence electrons. The molecule has 1 fully saturated rings. The van der Waals surface area contributed by atoms with Crippen LogP contribution < -0.4 is 0 Å². The van der Waals surface area contributed by atoms with Crippen LogP contribution in [0.3, 0.4) is 0 Å². The Kier molecular flexibility index (Phi) is 4.60. The third-order valence-electron chi connectivity index (χ3n) is 3.73. The van der Waals surface area contributed by atoms with Gasteiger partial charge in [-0.2, -0.15) is 0 Å². The Morgan fingerprint density at radius 1 is 1.17 bits per heavy atom. The lowest BCUT2D eigenvalue weighted by atomic mass is 9.82. The molecule has 0 spiro atoms. The maximum absolute atomic E-state index is 13.2. The number of rotatable bonds is 3. The number of benzene rings is 1. The third kappa shape index (κ3) is 3.02. The molecular weight excluding hydrogens is 255 g/mol. The van der Waals surface area contributed by atoms with Crippen LogP contribution in [-0.2, 0) is 0 Å². The Morgan fingerprint density at radius 3 is 2.50 bits per heavy atom. The van der Waals surface area contributed by atoms with Gasteiger partial charge in [0.25, 0.3) is 0 Å². The van der Waals surface area contributed by atoms with Crippen molar-refractivity contribution in [1.82, 2.24) is 0 Å². The molecule has 0 amide bonds. The summed E-state index contributed by atoms with van der Waals surface area (Å²) in [6.45, 7) is 0. The zero-order valence-corrected chi connectivity index (χ0v) is 10.9.